The third-order valence-corrected chi connectivity index (χ3v) is 1.89. The number of allylic oxidation sites excluding steroid dienone is 4. The summed E-state index contributed by atoms with van der Waals surface area (Å²) in [6.07, 6.45) is 4.53. The zero-order chi connectivity index (χ0) is 9.19. The van der Waals surface area contributed by atoms with Crippen molar-refractivity contribution in [1.82, 2.24) is 0 Å². The van der Waals surface area contributed by atoms with Crippen molar-refractivity contribution in [1.29, 1.82) is 0 Å². The number of carbonyl (C=O) groups excluding carboxylic acids is 1. The standard InChI is InChI=1S/C8H7ClF2O/c9-5-7(12)6-3-1-2-4-8(6,10)11/h1-4,6H,5H2/t6-/m0/s1. The molecule has 0 aromatic carbocycles. The van der Waals surface area contributed by atoms with Crippen LogP contribution in [0.1, 0.15) is 0 Å². The van der Waals surface area contributed by atoms with E-state index in [2.05, 4.69) is 0 Å². The van der Waals surface area contributed by atoms with E-state index in [0.29, 0.717) is 6.08 Å². The molecule has 0 radical (unpaired) electrons. The van der Waals surface area contributed by atoms with Crippen molar-refractivity contribution in [3.8, 4) is 0 Å². The Morgan fingerprint density at radius 3 is 2.67 bits per heavy atom. The van der Waals surface area contributed by atoms with E-state index in [9.17, 15) is 13.6 Å². The van der Waals surface area contributed by atoms with Gasteiger partial charge in [-0.1, -0.05) is 18.2 Å². The Hall–Kier alpha value is -0.700. The van der Waals surface area contributed by atoms with Crippen LogP contribution in [-0.2, 0) is 4.79 Å². The molecule has 0 spiro atoms. The number of rotatable bonds is 2. The predicted molar refractivity (Wildman–Crippen MR) is 42.4 cm³/mol. The third-order valence-electron chi connectivity index (χ3n) is 1.63. The van der Waals surface area contributed by atoms with E-state index in [1.807, 2.05) is 0 Å². The second-order valence-corrected chi connectivity index (χ2v) is 2.76. The molecule has 0 aromatic rings. The molecule has 66 valence electrons. The summed E-state index contributed by atoms with van der Waals surface area (Å²) >= 11 is 5.17. The normalized spacial score (nSPS) is 25.8. The van der Waals surface area contributed by atoms with E-state index >= 15 is 0 Å². The SMILES string of the molecule is O=C(CCl)[C@@H]1C=CC=CC1(F)F. The summed E-state index contributed by atoms with van der Waals surface area (Å²) in [7, 11) is 0. The second-order valence-electron chi connectivity index (χ2n) is 2.50. The summed E-state index contributed by atoms with van der Waals surface area (Å²) < 4.78 is 25.8. The fraction of sp³-hybridized carbons (Fsp3) is 0.375. The molecular formula is C8H7ClF2O. The largest absolute Gasteiger partial charge is 0.297 e. The molecule has 12 heavy (non-hydrogen) atoms. The van der Waals surface area contributed by atoms with Gasteiger partial charge in [0, 0.05) is 0 Å². The number of ketones is 1. The lowest BCUT2D eigenvalue weighted by Crippen LogP contribution is -2.33. The van der Waals surface area contributed by atoms with Crippen molar-refractivity contribution in [3.05, 3.63) is 24.3 Å². The summed E-state index contributed by atoms with van der Waals surface area (Å²) in [4.78, 5) is 10.9. The topological polar surface area (TPSA) is 17.1 Å². The van der Waals surface area contributed by atoms with Gasteiger partial charge in [0.25, 0.3) is 5.92 Å². The van der Waals surface area contributed by atoms with E-state index < -0.39 is 17.6 Å². The van der Waals surface area contributed by atoms with E-state index in [4.69, 9.17) is 11.6 Å². The van der Waals surface area contributed by atoms with Crippen LogP contribution in [0.3, 0.4) is 0 Å². The van der Waals surface area contributed by atoms with Gasteiger partial charge in [-0.05, 0) is 6.08 Å². The van der Waals surface area contributed by atoms with Crippen molar-refractivity contribution < 1.29 is 13.6 Å². The number of hydrogen-bond donors (Lipinski definition) is 0. The van der Waals surface area contributed by atoms with E-state index in [-0.39, 0.29) is 5.88 Å². The predicted octanol–water partition coefficient (Wildman–Crippen LogP) is 2.17. The lowest BCUT2D eigenvalue weighted by molar-refractivity contribution is -0.126. The van der Waals surface area contributed by atoms with Gasteiger partial charge in [0.05, 0.1) is 5.88 Å². The molecule has 1 atom stereocenters. The van der Waals surface area contributed by atoms with Gasteiger partial charge < -0.3 is 0 Å². The zero-order valence-corrected chi connectivity index (χ0v) is 6.89. The van der Waals surface area contributed by atoms with Crippen LogP contribution < -0.4 is 0 Å². The Morgan fingerprint density at radius 2 is 2.17 bits per heavy atom. The molecule has 0 aromatic heterocycles. The van der Waals surface area contributed by atoms with Crippen molar-refractivity contribution in [3.63, 3.8) is 0 Å². The van der Waals surface area contributed by atoms with Crippen LogP contribution in [0.25, 0.3) is 0 Å². The second kappa shape index (κ2) is 3.35. The molecule has 0 bridgehead atoms. The molecule has 0 N–H and O–H groups in total. The molecule has 0 unspecified atom stereocenters. The highest BCUT2D eigenvalue weighted by Crippen LogP contribution is 2.31. The van der Waals surface area contributed by atoms with Gasteiger partial charge in [-0.3, -0.25) is 4.79 Å². The van der Waals surface area contributed by atoms with Gasteiger partial charge in [-0.15, -0.1) is 11.6 Å². The Morgan fingerprint density at radius 1 is 1.50 bits per heavy atom. The zero-order valence-electron chi connectivity index (χ0n) is 6.14. The Kier molecular flexibility index (Phi) is 2.62. The summed E-state index contributed by atoms with van der Waals surface area (Å²) in [5.41, 5.74) is 0. The smallest absolute Gasteiger partial charge is 0.279 e. The molecule has 0 saturated heterocycles. The highest BCUT2D eigenvalue weighted by atomic mass is 35.5. The van der Waals surface area contributed by atoms with E-state index in [1.165, 1.54) is 18.2 Å². The lowest BCUT2D eigenvalue weighted by atomic mass is 9.93. The van der Waals surface area contributed by atoms with Gasteiger partial charge in [0.1, 0.15) is 5.92 Å². The quantitative estimate of drug-likeness (QED) is 0.613. The van der Waals surface area contributed by atoms with E-state index in [0.717, 1.165) is 0 Å². The maximum atomic E-state index is 12.9. The average molecular weight is 193 g/mol. The molecule has 0 aliphatic heterocycles. The average Bonchev–Trinajstić information content (AvgIpc) is 2.02. The molecule has 1 nitrogen and oxygen atoms in total. The number of alkyl halides is 3. The fourth-order valence-corrected chi connectivity index (χ4v) is 1.16. The summed E-state index contributed by atoms with van der Waals surface area (Å²) in [5, 5.41) is 0. The number of Topliss-reactive ketones (excluding diaryl/α,β-unsaturated/α-hetero) is 1. The minimum absolute atomic E-state index is 0.377. The van der Waals surface area contributed by atoms with Crippen LogP contribution in [0.4, 0.5) is 8.78 Å². The monoisotopic (exact) mass is 192 g/mol. The van der Waals surface area contributed by atoms with Crippen LogP contribution >= 0.6 is 11.6 Å². The molecule has 1 rings (SSSR count). The number of carbonyl (C=O) groups is 1. The molecule has 0 fully saturated rings. The van der Waals surface area contributed by atoms with Gasteiger partial charge in [-0.25, -0.2) is 8.78 Å². The van der Waals surface area contributed by atoms with Gasteiger partial charge in [-0.2, -0.15) is 0 Å². The molecule has 1 aliphatic carbocycles. The Labute approximate surface area is 73.7 Å². The maximum Gasteiger partial charge on any atom is 0.279 e. The Bertz CT molecular complexity index is 245. The van der Waals surface area contributed by atoms with Gasteiger partial charge >= 0.3 is 0 Å². The molecule has 0 amide bonds. The van der Waals surface area contributed by atoms with Crippen LogP contribution in [0.2, 0.25) is 0 Å². The first-order valence-corrected chi connectivity index (χ1v) is 3.94. The minimum atomic E-state index is -3.08. The highest BCUT2D eigenvalue weighted by Gasteiger charge is 2.40. The maximum absolute atomic E-state index is 12.9. The first kappa shape index (κ1) is 9.39. The van der Waals surface area contributed by atoms with Crippen molar-refractivity contribution in [2.45, 2.75) is 5.92 Å². The first-order valence-electron chi connectivity index (χ1n) is 3.40. The molecule has 0 heterocycles. The summed E-state index contributed by atoms with van der Waals surface area (Å²) in [6.45, 7) is 0. The Balaban J connectivity index is 2.84. The fourth-order valence-electron chi connectivity index (χ4n) is 0.996. The summed E-state index contributed by atoms with van der Waals surface area (Å²) in [5.74, 6) is -5.50. The van der Waals surface area contributed by atoms with Crippen molar-refractivity contribution in [2.75, 3.05) is 5.88 Å². The number of hydrogen-bond acceptors (Lipinski definition) is 1. The summed E-state index contributed by atoms with van der Waals surface area (Å²) in [6, 6.07) is 0. The molecular weight excluding hydrogens is 186 g/mol. The van der Waals surface area contributed by atoms with Crippen LogP contribution in [-0.4, -0.2) is 17.6 Å². The third kappa shape index (κ3) is 1.72. The van der Waals surface area contributed by atoms with Gasteiger partial charge in [0.2, 0.25) is 0 Å². The van der Waals surface area contributed by atoms with Crippen LogP contribution in [0.5, 0.6) is 0 Å². The van der Waals surface area contributed by atoms with Gasteiger partial charge in [0.15, 0.2) is 5.78 Å². The van der Waals surface area contributed by atoms with Crippen LogP contribution in [0.15, 0.2) is 24.3 Å². The first-order chi connectivity index (χ1) is 5.58. The van der Waals surface area contributed by atoms with Crippen molar-refractivity contribution >= 4 is 17.4 Å². The van der Waals surface area contributed by atoms with E-state index in [1.54, 1.807) is 0 Å². The molecule has 1 aliphatic rings. The minimum Gasteiger partial charge on any atom is -0.297 e. The number of halogens is 3. The molecule has 0 saturated carbocycles. The lowest BCUT2D eigenvalue weighted by Gasteiger charge is -2.21. The molecule has 4 heteroatoms. The van der Waals surface area contributed by atoms with Crippen molar-refractivity contribution in [2.24, 2.45) is 5.92 Å². The highest BCUT2D eigenvalue weighted by molar-refractivity contribution is 6.28. The van der Waals surface area contributed by atoms with Crippen LogP contribution in [0, 0.1) is 5.92 Å².